The molecular formula is C17H17BrClN3O. The third-order valence-corrected chi connectivity index (χ3v) is 4.96. The lowest BCUT2D eigenvalue weighted by Gasteiger charge is -2.35. The van der Waals surface area contributed by atoms with E-state index in [1.807, 2.05) is 41.3 Å². The number of hydrogen-bond acceptors (Lipinski definition) is 3. The van der Waals surface area contributed by atoms with E-state index in [0.29, 0.717) is 24.5 Å². The number of halogens is 2. The van der Waals surface area contributed by atoms with Crippen molar-refractivity contribution in [1.82, 2.24) is 9.88 Å². The number of hydrogen-bond donors (Lipinski definition) is 0. The van der Waals surface area contributed by atoms with Crippen LogP contribution in [-0.4, -0.2) is 42.0 Å². The Morgan fingerprint density at radius 3 is 2.57 bits per heavy atom. The number of pyridine rings is 1. The van der Waals surface area contributed by atoms with E-state index in [-0.39, 0.29) is 5.91 Å². The molecule has 1 amide bonds. The minimum Gasteiger partial charge on any atom is -0.352 e. The van der Waals surface area contributed by atoms with Gasteiger partial charge < -0.3 is 9.80 Å². The van der Waals surface area contributed by atoms with Crippen LogP contribution in [0.1, 0.15) is 5.56 Å². The van der Waals surface area contributed by atoms with Gasteiger partial charge in [0, 0.05) is 37.4 Å². The fraction of sp³-hybridized carbons (Fsp3) is 0.294. The molecule has 23 heavy (non-hydrogen) atoms. The van der Waals surface area contributed by atoms with Crippen molar-refractivity contribution >= 4 is 39.3 Å². The quantitative estimate of drug-likeness (QED) is 0.801. The van der Waals surface area contributed by atoms with Gasteiger partial charge in [0.1, 0.15) is 5.82 Å². The van der Waals surface area contributed by atoms with Gasteiger partial charge in [-0.25, -0.2) is 4.98 Å². The van der Waals surface area contributed by atoms with Crippen LogP contribution in [0.25, 0.3) is 0 Å². The first-order valence-electron chi connectivity index (χ1n) is 7.52. The maximum atomic E-state index is 12.5. The van der Waals surface area contributed by atoms with Gasteiger partial charge in [0.25, 0.3) is 0 Å². The summed E-state index contributed by atoms with van der Waals surface area (Å²) in [6.45, 7) is 2.96. The Hall–Kier alpha value is -1.59. The molecule has 2 aromatic rings. The summed E-state index contributed by atoms with van der Waals surface area (Å²) in [6.07, 6.45) is 2.14. The molecule has 1 saturated heterocycles. The largest absolute Gasteiger partial charge is 0.352 e. The van der Waals surface area contributed by atoms with Crippen LogP contribution in [0.15, 0.2) is 47.1 Å². The van der Waals surface area contributed by atoms with E-state index in [0.717, 1.165) is 28.9 Å². The highest BCUT2D eigenvalue weighted by molar-refractivity contribution is 9.10. The van der Waals surface area contributed by atoms with Crippen molar-refractivity contribution in [1.29, 1.82) is 0 Å². The zero-order chi connectivity index (χ0) is 16.2. The van der Waals surface area contributed by atoms with E-state index < -0.39 is 0 Å². The third kappa shape index (κ3) is 3.85. The lowest BCUT2D eigenvalue weighted by Crippen LogP contribution is -2.49. The maximum absolute atomic E-state index is 12.5. The molecular weight excluding hydrogens is 378 g/mol. The van der Waals surface area contributed by atoms with Crippen LogP contribution in [-0.2, 0) is 11.2 Å². The lowest BCUT2D eigenvalue weighted by atomic mass is 10.1. The van der Waals surface area contributed by atoms with Crippen LogP contribution in [0.4, 0.5) is 5.82 Å². The first kappa shape index (κ1) is 16.3. The molecule has 120 valence electrons. The van der Waals surface area contributed by atoms with E-state index in [9.17, 15) is 4.79 Å². The second kappa shape index (κ2) is 7.32. The van der Waals surface area contributed by atoms with Crippen molar-refractivity contribution in [2.75, 3.05) is 31.1 Å². The van der Waals surface area contributed by atoms with E-state index in [2.05, 4.69) is 25.8 Å². The molecule has 0 spiro atoms. The number of carbonyl (C=O) groups excluding carboxylic acids is 1. The second-order valence-corrected chi connectivity index (χ2v) is 6.71. The van der Waals surface area contributed by atoms with E-state index >= 15 is 0 Å². The molecule has 0 unspecified atom stereocenters. The average Bonchev–Trinajstić information content (AvgIpc) is 2.57. The molecule has 1 fully saturated rings. The Morgan fingerprint density at radius 2 is 1.87 bits per heavy atom. The van der Waals surface area contributed by atoms with Crippen LogP contribution < -0.4 is 4.90 Å². The normalized spacial score (nSPS) is 14.9. The maximum Gasteiger partial charge on any atom is 0.227 e. The molecule has 0 N–H and O–H groups in total. The highest BCUT2D eigenvalue weighted by Gasteiger charge is 2.23. The first-order chi connectivity index (χ1) is 11.1. The number of amides is 1. The summed E-state index contributed by atoms with van der Waals surface area (Å²) < 4.78 is 0.982. The molecule has 0 saturated carbocycles. The molecule has 1 aromatic heterocycles. The summed E-state index contributed by atoms with van der Waals surface area (Å²) in [5, 5.41) is 0.650. The van der Waals surface area contributed by atoms with E-state index in [1.165, 1.54) is 0 Å². The summed E-state index contributed by atoms with van der Waals surface area (Å²) in [7, 11) is 0. The monoisotopic (exact) mass is 393 g/mol. The molecule has 1 aromatic carbocycles. The zero-order valence-electron chi connectivity index (χ0n) is 12.6. The Bertz CT molecular complexity index is 702. The Balaban J connectivity index is 1.60. The Kier molecular flexibility index (Phi) is 5.18. The predicted molar refractivity (Wildman–Crippen MR) is 95.9 cm³/mol. The SMILES string of the molecule is O=C(Cc1ccccc1Cl)N1CCN(c2ncccc2Br)CC1. The number of piperazine rings is 1. The molecule has 3 rings (SSSR count). The molecule has 2 heterocycles. The van der Waals surface area contributed by atoms with Crippen molar-refractivity contribution in [3.05, 3.63) is 57.7 Å². The average molecular weight is 395 g/mol. The topological polar surface area (TPSA) is 36.4 Å². The fourth-order valence-corrected chi connectivity index (χ4v) is 3.40. The molecule has 0 aliphatic carbocycles. The van der Waals surface area contributed by atoms with Crippen molar-refractivity contribution in [3.8, 4) is 0 Å². The molecule has 0 atom stereocenters. The van der Waals surface area contributed by atoms with Gasteiger partial charge in [0.05, 0.1) is 10.9 Å². The van der Waals surface area contributed by atoms with Crippen LogP contribution in [0, 0.1) is 0 Å². The van der Waals surface area contributed by atoms with Gasteiger partial charge in [-0.05, 0) is 39.7 Å². The summed E-state index contributed by atoms with van der Waals surface area (Å²) >= 11 is 9.66. The van der Waals surface area contributed by atoms with Crippen molar-refractivity contribution in [3.63, 3.8) is 0 Å². The minimum atomic E-state index is 0.123. The van der Waals surface area contributed by atoms with Gasteiger partial charge in [0.15, 0.2) is 0 Å². The summed E-state index contributed by atoms with van der Waals surface area (Å²) in [4.78, 5) is 21.0. The highest BCUT2D eigenvalue weighted by atomic mass is 79.9. The van der Waals surface area contributed by atoms with E-state index in [4.69, 9.17) is 11.6 Å². The number of carbonyl (C=O) groups is 1. The van der Waals surface area contributed by atoms with Gasteiger partial charge in [-0.1, -0.05) is 29.8 Å². The van der Waals surface area contributed by atoms with Crippen molar-refractivity contribution in [2.45, 2.75) is 6.42 Å². The van der Waals surface area contributed by atoms with Crippen LogP contribution in [0.3, 0.4) is 0 Å². The highest BCUT2D eigenvalue weighted by Crippen LogP contribution is 2.24. The Morgan fingerprint density at radius 1 is 1.13 bits per heavy atom. The van der Waals surface area contributed by atoms with Crippen molar-refractivity contribution < 1.29 is 4.79 Å². The molecule has 6 heteroatoms. The molecule has 1 aliphatic heterocycles. The zero-order valence-corrected chi connectivity index (χ0v) is 14.9. The lowest BCUT2D eigenvalue weighted by molar-refractivity contribution is -0.130. The van der Waals surface area contributed by atoms with E-state index in [1.54, 1.807) is 6.20 Å². The number of benzene rings is 1. The standard InChI is InChI=1S/C17H17BrClN3O/c18-14-5-3-7-20-17(14)22-10-8-21(9-11-22)16(23)12-13-4-1-2-6-15(13)19/h1-7H,8-12H2. The first-order valence-corrected chi connectivity index (χ1v) is 8.69. The predicted octanol–water partition coefficient (Wildman–Crippen LogP) is 3.39. The van der Waals surface area contributed by atoms with Gasteiger partial charge in [0.2, 0.25) is 5.91 Å². The fourth-order valence-electron chi connectivity index (χ4n) is 2.69. The molecule has 0 bridgehead atoms. The van der Waals surface area contributed by atoms with Gasteiger partial charge in [-0.15, -0.1) is 0 Å². The van der Waals surface area contributed by atoms with Crippen LogP contribution in [0.5, 0.6) is 0 Å². The summed E-state index contributed by atoms with van der Waals surface area (Å²) in [5.41, 5.74) is 0.883. The summed E-state index contributed by atoms with van der Waals surface area (Å²) in [6, 6.07) is 11.4. The molecule has 1 aliphatic rings. The summed E-state index contributed by atoms with van der Waals surface area (Å²) in [5.74, 6) is 1.06. The third-order valence-electron chi connectivity index (χ3n) is 3.97. The number of nitrogens with zero attached hydrogens (tertiary/aromatic N) is 3. The minimum absolute atomic E-state index is 0.123. The van der Waals surface area contributed by atoms with Gasteiger partial charge in [-0.2, -0.15) is 0 Å². The molecule has 4 nitrogen and oxygen atoms in total. The number of anilines is 1. The van der Waals surface area contributed by atoms with Crippen LogP contribution in [0.2, 0.25) is 5.02 Å². The second-order valence-electron chi connectivity index (χ2n) is 5.44. The smallest absolute Gasteiger partial charge is 0.227 e. The van der Waals surface area contributed by atoms with Crippen molar-refractivity contribution in [2.24, 2.45) is 0 Å². The molecule has 0 radical (unpaired) electrons. The van der Waals surface area contributed by atoms with Crippen LogP contribution >= 0.6 is 27.5 Å². The Labute approximate surface area is 149 Å². The van der Waals surface area contributed by atoms with Gasteiger partial charge >= 0.3 is 0 Å². The number of rotatable bonds is 3. The van der Waals surface area contributed by atoms with Gasteiger partial charge in [-0.3, -0.25) is 4.79 Å². The number of aromatic nitrogens is 1.